The van der Waals surface area contributed by atoms with E-state index in [0.717, 1.165) is 0 Å². The molecule has 1 aromatic heterocycles. The summed E-state index contributed by atoms with van der Waals surface area (Å²) in [5.41, 5.74) is 6.02. The number of primary amides is 1. The van der Waals surface area contributed by atoms with E-state index in [1.165, 1.54) is 12.1 Å². The molecule has 0 bridgehead atoms. The number of carbonyl (C=O) groups excluding carboxylic acids is 1. The molecule has 0 atom stereocenters. The van der Waals surface area contributed by atoms with Crippen molar-refractivity contribution in [1.29, 1.82) is 0 Å². The Kier molecular flexibility index (Phi) is 5.05. The van der Waals surface area contributed by atoms with Crippen molar-refractivity contribution >= 4 is 15.9 Å². The van der Waals surface area contributed by atoms with Crippen molar-refractivity contribution < 1.29 is 17.7 Å². The van der Waals surface area contributed by atoms with Gasteiger partial charge in [-0.05, 0) is 51.1 Å². The molecule has 3 rings (SSSR count). The number of nitrogens with zero attached hydrogens (tertiary/aromatic N) is 2. The largest absolute Gasteiger partial charge is 0.366 e. The van der Waals surface area contributed by atoms with Crippen LogP contribution in [0.25, 0.3) is 22.8 Å². The number of benzene rings is 2. The number of rotatable bonds is 5. The van der Waals surface area contributed by atoms with Gasteiger partial charge in [-0.3, -0.25) is 4.79 Å². The average molecular weight is 400 g/mol. The Labute approximate surface area is 162 Å². The molecular formula is C19H20N4O4S. The highest BCUT2D eigenvalue weighted by atomic mass is 32.2. The number of sulfonamides is 1. The summed E-state index contributed by atoms with van der Waals surface area (Å²) in [4.78, 5) is 15.7. The van der Waals surface area contributed by atoms with Gasteiger partial charge in [0.2, 0.25) is 21.8 Å². The third-order valence-electron chi connectivity index (χ3n) is 3.66. The van der Waals surface area contributed by atoms with Crippen LogP contribution in [-0.4, -0.2) is 30.0 Å². The fourth-order valence-electron chi connectivity index (χ4n) is 2.53. The van der Waals surface area contributed by atoms with Gasteiger partial charge in [0.05, 0.1) is 4.90 Å². The van der Waals surface area contributed by atoms with Gasteiger partial charge in [-0.2, -0.15) is 4.98 Å². The summed E-state index contributed by atoms with van der Waals surface area (Å²) >= 11 is 0. The van der Waals surface area contributed by atoms with E-state index in [-0.39, 0.29) is 16.6 Å². The van der Waals surface area contributed by atoms with Crippen molar-refractivity contribution in [2.75, 3.05) is 0 Å². The normalized spacial score (nSPS) is 12.1. The Morgan fingerprint density at radius 3 is 2.43 bits per heavy atom. The number of carbonyl (C=O) groups is 1. The maximum atomic E-state index is 12.5. The highest BCUT2D eigenvalue weighted by Crippen LogP contribution is 2.25. The highest BCUT2D eigenvalue weighted by molar-refractivity contribution is 7.89. The predicted octanol–water partition coefficient (Wildman–Crippen LogP) is 2.58. The molecule has 0 radical (unpaired) electrons. The van der Waals surface area contributed by atoms with E-state index in [2.05, 4.69) is 14.9 Å². The van der Waals surface area contributed by atoms with E-state index in [1.54, 1.807) is 57.2 Å². The van der Waals surface area contributed by atoms with Gasteiger partial charge in [0.25, 0.3) is 5.89 Å². The molecular weight excluding hydrogens is 380 g/mol. The second kappa shape index (κ2) is 7.17. The van der Waals surface area contributed by atoms with Crippen molar-refractivity contribution in [3.63, 3.8) is 0 Å². The number of nitrogens with two attached hydrogens (primary N) is 1. The Bertz CT molecular complexity index is 1130. The molecule has 3 aromatic rings. The zero-order valence-corrected chi connectivity index (χ0v) is 16.4. The Morgan fingerprint density at radius 1 is 1.07 bits per heavy atom. The van der Waals surface area contributed by atoms with Crippen molar-refractivity contribution in [2.45, 2.75) is 31.2 Å². The summed E-state index contributed by atoms with van der Waals surface area (Å²) in [6.45, 7) is 5.29. The molecule has 28 heavy (non-hydrogen) atoms. The van der Waals surface area contributed by atoms with Crippen LogP contribution in [0.1, 0.15) is 31.1 Å². The predicted molar refractivity (Wildman–Crippen MR) is 104 cm³/mol. The fourth-order valence-corrected chi connectivity index (χ4v) is 3.99. The van der Waals surface area contributed by atoms with Crippen LogP contribution in [0.15, 0.2) is 57.9 Å². The van der Waals surface area contributed by atoms with Gasteiger partial charge < -0.3 is 10.3 Å². The number of amides is 1. The Morgan fingerprint density at radius 2 is 1.75 bits per heavy atom. The van der Waals surface area contributed by atoms with Crippen molar-refractivity contribution in [3.8, 4) is 22.8 Å². The molecule has 2 aromatic carbocycles. The molecule has 0 saturated heterocycles. The van der Waals surface area contributed by atoms with Crippen LogP contribution in [0.3, 0.4) is 0 Å². The molecule has 0 aliphatic heterocycles. The van der Waals surface area contributed by atoms with Gasteiger partial charge >= 0.3 is 0 Å². The van der Waals surface area contributed by atoms with Gasteiger partial charge in [-0.15, -0.1) is 0 Å². The van der Waals surface area contributed by atoms with Crippen LogP contribution >= 0.6 is 0 Å². The number of aromatic nitrogens is 2. The molecule has 0 aliphatic carbocycles. The van der Waals surface area contributed by atoms with Gasteiger partial charge in [0, 0.05) is 22.2 Å². The van der Waals surface area contributed by atoms with E-state index in [9.17, 15) is 13.2 Å². The van der Waals surface area contributed by atoms with Gasteiger partial charge in [-0.1, -0.05) is 23.4 Å². The second-order valence-electron chi connectivity index (χ2n) is 7.25. The zero-order chi connectivity index (χ0) is 20.5. The summed E-state index contributed by atoms with van der Waals surface area (Å²) in [5.74, 6) is -0.138. The SMILES string of the molecule is CC(C)(C)NS(=O)(=O)c1cccc(-c2nc(-c3cccc(C(N)=O)c3)no2)c1. The van der Waals surface area contributed by atoms with Crippen molar-refractivity contribution in [2.24, 2.45) is 5.73 Å². The second-order valence-corrected chi connectivity index (χ2v) is 8.93. The Balaban J connectivity index is 1.94. The molecule has 0 fully saturated rings. The molecule has 146 valence electrons. The quantitative estimate of drug-likeness (QED) is 0.677. The van der Waals surface area contributed by atoms with E-state index in [0.29, 0.717) is 16.7 Å². The maximum absolute atomic E-state index is 12.5. The van der Waals surface area contributed by atoms with E-state index in [1.807, 2.05) is 0 Å². The lowest BCUT2D eigenvalue weighted by Crippen LogP contribution is -2.40. The summed E-state index contributed by atoms with van der Waals surface area (Å²) in [6, 6.07) is 12.8. The molecule has 0 aliphatic rings. The van der Waals surface area contributed by atoms with Gasteiger partial charge in [0.15, 0.2) is 0 Å². The van der Waals surface area contributed by atoms with Crippen LogP contribution in [-0.2, 0) is 10.0 Å². The number of hydrogen-bond acceptors (Lipinski definition) is 6. The summed E-state index contributed by atoms with van der Waals surface area (Å²) in [7, 11) is -3.70. The van der Waals surface area contributed by atoms with Crippen LogP contribution in [0.5, 0.6) is 0 Å². The highest BCUT2D eigenvalue weighted by Gasteiger charge is 2.23. The monoisotopic (exact) mass is 400 g/mol. The molecule has 1 amide bonds. The minimum Gasteiger partial charge on any atom is -0.366 e. The molecule has 0 saturated carbocycles. The van der Waals surface area contributed by atoms with Crippen LogP contribution < -0.4 is 10.5 Å². The van der Waals surface area contributed by atoms with Gasteiger partial charge in [-0.25, -0.2) is 13.1 Å². The first-order valence-electron chi connectivity index (χ1n) is 8.43. The summed E-state index contributed by atoms with van der Waals surface area (Å²) in [6.07, 6.45) is 0. The lowest BCUT2D eigenvalue weighted by atomic mass is 10.1. The zero-order valence-electron chi connectivity index (χ0n) is 15.6. The molecule has 0 unspecified atom stereocenters. The maximum Gasteiger partial charge on any atom is 0.258 e. The van der Waals surface area contributed by atoms with E-state index < -0.39 is 21.5 Å². The minimum absolute atomic E-state index is 0.0930. The smallest absolute Gasteiger partial charge is 0.258 e. The standard InChI is InChI=1S/C19H20N4O4S/c1-19(2,3)23-28(25,26)15-9-5-8-14(11-15)18-21-17(22-27-18)13-7-4-6-12(10-13)16(20)24/h4-11,23H,1-3H3,(H2,20,24). The van der Waals surface area contributed by atoms with Crippen LogP contribution in [0, 0.1) is 0 Å². The number of nitrogens with one attached hydrogen (secondary N) is 1. The minimum atomic E-state index is -3.70. The van der Waals surface area contributed by atoms with E-state index >= 15 is 0 Å². The lowest BCUT2D eigenvalue weighted by molar-refractivity contribution is 0.100. The third kappa shape index (κ3) is 4.44. The topological polar surface area (TPSA) is 128 Å². The first-order chi connectivity index (χ1) is 13.0. The summed E-state index contributed by atoms with van der Waals surface area (Å²) < 4.78 is 33.0. The average Bonchev–Trinajstić information content (AvgIpc) is 3.10. The molecule has 9 heteroatoms. The molecule has 8 nitrogen and oxygen atoms in total. The van der Waals surface area contributed by atoms with E-state index in [4.69, 9.17) is 10.3 Å². The molecule has 1 heterocycles. The summed E-state index contributed by atoms with van der Waals surface area (Å²) in [5, 5.41) is 3.91. The molecule has 0 spiro atoms. The fraction of sp³-hybridized carbons (Fsp3) is 0.211. The lowest BCUT2D eigenvalue weighted by Gasteiger charge is -2.20. The van der Waals surface area contributed by atoms with Crippen LogP contribution in [0.4, 0.5) is 0 Å². The molecule has 3 N–H and O–H groups in total. The first kappa shape index (κ1) is 19.7. The third-order valence-corrected chi connectivity index (χ3v) is 5.42. The first-order valence-corrected chi connectivity index (χ1v) is 9.92. The van der Waals surface area contributed by atoms with Crippen molar-refractivity contribution in [1.82, 2.24) is 14.9 Å². The van der Waals surface area contributed by atoms with Crippen molar-refractivity contribution in [3.05, 3.63) is 54.1 Å². The Hall–Kier alpha value is -3.04. The van der Waals surface area contributed by atoms with Crippen LogP contribution in [0.2, 0.25) is 0 Å². The van der Waals surface area contributed by atoms with Gasteiger partial charge in [0.1, 0.15) is 0 Å². The number of hydrogen-bond donors (Lipinski definition) is 2.